The van der Waals surface area contributed by atoms with Gasteiger partial charge in [-0.25, -0.2) is 8.78 Å². The van der Waals surface area contributed by atoms with E-state index in [9.17, 15) is 13.6 Å². The van der Waals surface area contributed by atoms with Gasteiger partial charge in [0, 0.05) is 18.1 Å². The van der Waals surface area contributed by atoms with E-state index in [1.807, 2.05) is 13.8 Å². The lowest BCUT2D eigenvalue weighted by Gasteiger charge is -2.38. The van der Waals surface area contributed by atoms with Gasteiger partial charge in [0.2, 0.25) is 0 Å². The first-order valence-corrected chi connectivity index (χ1v) is 8.96. The third-order valence-corrected chi connectivity index (χ3v) is 5.45. The highest BCUT2D eigenvalue weighted by molar-refractivity contribution is 5.93. The third-order valence-electron chi connectivity index (χ3n) is 5.45. The molecule has 2 aliphatic rings. The number of hydrogen-bond donors (Lipinski definition) is 0. The summed E-state index contributed by atoms with van der Waals surface area (Å²) >= 11 is 0. The second-order valence-corrected chi connectivity index (χ2v) is 7.08. The highest BCUT2D eigenvalue weighted by Crippen LogP contribution is 2.46. The van der Waals surface area contributed by atoms with Crippen molar-refractivity contribution in [3.8, 4) is 5.75 Å². The van der Waals surface area contributed by atoms with Crippen LogP contribution in [-0.2, 0) is 20.7 Å². The quantitative estimate of drug-likeness (QED) is 0.758. The van der Waals surface area contributed by atoms with Crippen LogP contribution in [0.5, 0.6) is 5.75 Å². The third kappa shape index (κ3) is 3.22. The Morgan fingerprint density at radius 2 is 2.12 bits per heavy atom. The summed E-state index contributed by atoms with van der Waals surface area (Å²) < 4.78 is 44.6. The van der Waals surface area contributed by atoms with Gasteiger partial charge in [0.25, 0.3) is 0 Å². The molecule has 1 aromatic rings. The van der Waals surface area contributed by atoms with E-state index in [1.165, 1.54) is 13.2 Å². The van der Waals surface area contributed by atoms with Crippen LogP contribution in [0, 0.1) is 23.5 Å². The minimum absolute atomic E-state index is 0.0526. The van der Waals surface area contributed by atoms with Gasteiger partial charge >= 0.3 is 0 Å². The van der Waals surface area contributed by atoms with Crippen molar-refractivity contribution in [1.29, 1.82) is 0 Å². The van der Waals surface area contributed by atoms with Crippen molar-refractivity contribution in [2.24, 2.45) is 11.8 Å². The fourth-order valence-corrected chi connectivity index (χ4v) is 3.98. The number of carbonyl (C=O) groups is 1. The Bertz CT molecular complexity index is 731. The maximum Gasteiger partial charge on any atom is 0.189 e. The molecular formula is C20H24F2O4. The highest BCUT2D eigenvalue weighted by atomic mass is 19.1. The monoisotopic (exact) mass is 366 g/mol. The van der Waals surface area contributed by atoms with Crippen LogP contribution in [0.1, 0.15) is 38.7 Å². The van der Waals surface area contributed by atoms with Gasteiger partial charge in [-0.05, 0) is 36.8 Å². The molecule has 0 unspecified atom stereocenters. The van der Waals surface area contributed by atoms with Gasteiger partial charge in [0.05, 0.1) is 7.11 Å². The largest absolute Gasteiger partial charge is 0.494 e. The van der Waals surface area contributed by atoms with Crippen LogP contribution in [0.2, 0.25) is 0 Å². The number of allylic oxidation sites excluding steroid dienone is 1. The Morgan fingerprint density at radius 1 is 1.35 bits per heavy atom. The maximum atomic E-state index is 14.4. The van der Waals surface area contributed by atoms with Gasteiger partial charge in [-0.2, -0.15) is 0 Å². The van der Waals surface area contributed by atoms with Crippen LogP contribution in [0.4, 0.5) is 8.78 Å². The second kappa shape index (κ2) is 7.35. The van der Waals surface area contributed by atoms with E-state index in [4.69, 9.17) is 14.2 Å². The zero-order chi connectivity index (χ0) is 18.9. The van der Waals surface area contributed by atoms with Crippen molar-refractivity contribution in [3.05, 3.63) is 41.2 Å². The highest BCUT2D eigenvalue weighted by Gasteiger charge is 2.51. The number of rotatable bonds is 6. The molecule has 0 spiro atoms. The first-order valence-electron chi connectivity index (χ1n) is 8.96. The predicted octanol–water partition coefficient (Wildman–Crippen LogP) is 4.17. The van der Waals surface area contributed by atoms with E-state index in [1.54, 1.807) is 0 Å². The van der Waals surface area contributed by atoms with Crippen LogP contribution in [0.25, 0.3) is 0 Å². The van der Waals surface area contributed by atoms with Crippen LogP contribution in [-0.4, -0.2) is 25.3 Å². The van der Waals surface area contributed by atoms with E-state index in [0.29, 0.717) is 12.2 Å². The molecule has 26 heavy (non-hydrogen) atoms. The number of benzene rings is 1. The number of ether oxygens (including phenoxy) is 3. The molecule has 6 heteroatoms. The van der Waals surface area contributed by atoms with E-state index < -0.39 is 17.2 Å². The van der Waals surface area contributed by atoms with Crippen LogP contribution >= 0.6 is 0 Å². The predicted molar refractivity (Wildman–Crippen MR) is 91.7 cm³/mol. The fourth-order valence-electron chi connectivity index (χ4n) is 3.98. The van der Waals surface area contributed by atoms with E-state index >= 15 is 0 Å². The number of carbonyl (C=O) groups excluding carboxylic acids is 1. The molecule has 0 aromatic heterocycles. The topological polar surface area (TPSA) is 44.8 Å². The van der Waals surface area contributed by atoms with Gasteiger partial charge in [-0.1, -0.05) is 20.3 Å². The molecule has 1 aromatic carbocycles. The molecule has 0 bridgehead atoms. The lowest BCUT2D eigenvalue weighted by atomic mass is 9.71. The average Bonchev–Trinajstić information content (AvgIpc) is 3.02. The molecule has 1 fully saturated rings. The SMILES string of the molecule is CCC[C@H]1C[C@]2([C@H](C)Cc3cc(F)c(OC)cc3F)OCOC2=CC1=O. The zero-order valence-corrected chi connectivity index (χ0v) is 15.3. The zero-order valence-electron chi connectivity index (χ0n) is 15.3. The minimum atomic E-state index is -0.767. The molecule has 0 radical (unpaired) electrons. The normalized spacial score (nSPS) is 26.1. The fraction of sp³-hybridized carbons (Fsp3) is 0.550. The Kier molecular flexibility index (Phi) is 5.32. The van der Waals surface area contributed by atoms with Gasteiger partial charge < -0.3 is 14.2 Å². The van der Waals surface area contributed by atoms with Gasteiger partial charge in [0.15, 0.2) is 24.1 Å². The van der Waals surface area contributed by atoms with Gasteiger partial charge in [-0.3, -0.25) is 4.79 Å². The molecule has 0 amide bonds. The summed E-state index contributed by atoms with van der Waals surface area (Å²) in [6, 6.07) is 2.22. The molecule has 4 nitrogen and oxygen atoms in total. The summed E-state index contributed by atoms with van der Waals surface area (Å²) in [5.41, 5.74) is -0.514. The molecule has 1 aliphatic carbocycles. The number of ketones is 1. The van der Waals surface area contributed by atoms with Crippen LogP contribution in [0.15, 0.2) is 24.0 Å². The summed E-state index contributed by atoms with van der Waals surface area (Å²) in [6.07, 6.45) is 3.96. The molecule has 142 valence electrons. The van der Waals surface area contributed by atoms with Crippen LogP contribution < -0.4 is 4.74 Å². The summed E-state index contributed by atoms with van der Waals surface area (Å²) in [5.74, 6) is -1.00. The molecule has 1 saturated heterocycles. The molecule has 1 aliphatic heterocycles. The number of hydrogen-bond acceptors (Lipinski definition) is 4. The van der Waals surface area contributed by atoms with Crippen LogP contribution in [0.3, 0.4) is 0 Å². The molecule has 1 heterocycles. The standard InChI is InChI=1S/C20H24F2O4/c1-4-5-13-10-20(19(9-17(13)23)25-11-26-20)12(2)6-14-7-16(22)18(24-3)8-15(14)21/h7-9,12-13H,4-6,10-11H2,1-3H3/t12-,13+,20-/m1/s1. The second-order valence-electron chi connectivity index (χ2n) is 7.08. The summed E-state index contributed by atoms with van der Waals surface area (Å²) in [4.78, 5) is 12.3. The van der Waals surface area contributed by atoms with E-state index in [0.717, 1.165) is 25.0 Å². The molecule has 3 rings (SSSR count). The van der Waals surface area contributed by atoms with Crippen molar-refractivity contribution in [1.82, 2.24) is 0 Å². The summed E-state index contributed by atoms with van der Waals surface area (Å²) in [5, 5.41) is 0. The Morgan fingerprint density at radius 3 is 2.81 bits per heavy atom. The molecular weight excluding hydrogens is 342 g/mol. The number of methoxy groups -OCH3 is 1. The minimum Gasteiger partial charge on any atom is -0.494 e. The Labute approximate surface area is 152 Å². The van der Waals surface area contributed by atoms with Crippen molar-refractivity contribution in [2.45, 2.75) is 45.1 Å². The number of halogens is 2. The smallest absolute Gasteiger partial charge is 0.189 e. The summed E-state index contributed by atoms with van der Waals surface area (Å²) in [6.45, 7) is 4.02. The van der Waals surface area contributed by atoms with Gasteiger partial charge in [0.1, 0.15) is 17.2 Å². The van der Waals surface area contributed by atoms with E-state index in [-0.39, 0.29) is 42.1 Å². The van der Waals surface area contributed by atoms with Crippen molar-refractivity contribution in [3.63, 3.8) is 0 Å². The number of fused-ring (bicyclic) bond motifs is 1. The summed E-state index contributed by atoms with van der Waals surface area (Å²) in [7, 11) is 1.30. The lowest BCUT2D eigenvalue weighted by Crippen LogP contribution is -2.45. The molecule has 0 saturated carbocycles. The molecule has 0 N–H and O–H groups in total. The lowest BCUT2D eigenvalue weighted by molar-refractivity contribution is -0.123. The Balaban J connectivity index is 1.88. The van der Waals surface area contributed by atoms with E-state index in [2.05, 4.69) is 0 Å². The average molecular weight is 366 g/mol. The van der Waals surface area contributed by atoms with Crippen molar-refractivity contribution < 1.29 is 27.8 Å². The first kappa shape index (κ1) is 18.8. The molecule has 3 atom stereocenters. The van der Waals surface area contributed by atoms with Crippen molar-refractivity contribution >= 4 is 5.78 Å². The Hall–Kier alpha value is -1.95. The van der Waals surface area contributed by atoms with Gasteiger partial charge in [-0.15, -0.1) is 0 Å². The van der Waals surface area contributed by atoms with Crippen molar-refractivity contribution in [2.75, 3.05) is 13.9 Å². The maximum absolute atomic E-state index is 14.4. The first-order chi connectivity index (χ1) is 12.4.